The minimum atomic E-state index is -0.857. The second-order valence-electron chi connectivity index (χ2n) is 6.00. The minimum absolute atomic E-state index is 0.0650. The fraction of sp³-hybridized carbons (Fsp3) is 0.889. The van der Waals surface area contributed by atoms with E-state index in [4.69, 9.17) is 14.9 Å². The van der Waals surface area contributed by atoms with Gasteiger partial charge in [0.15, 0.2) is 0 Å². The highest BCUT2D eigenvalue weighted by Crippen LogP contribution is 2.10. The maximum absolute atomic E-state index is 9.66. The molecule has 0 saturated heterocycles. The molecule has 22 heavy (non-hydrogen) atoms. The van der Waals surface area contributed by atoms with Gasteiger partial charge in [0.25, 0.3) is 0 Å². The lowest BCUT2D eigenvalue weighted by molar-refractivity contribution is -0.0233. The Morgan fingerprint density at radius 3 is 2.05 bits per heavy atom. The van der Waals surface area contributed by atoms with Gasteiger partial charge in [-0.1, -0.05) is 64.0 Å². The Hall–Kier alpha value is -0.420. The standard InChI is InChI=1S/C18H36O4/c1-2-3-4-5-6-7-8-9-10-11-12-13-17(20)15-22-16-18(21)14-19/h11-12,17-21H,2-10,13-16H2,1H3/b12-11-/t17-,18+/m1/s1. The first kappa shape index (κ1) is 21.6. The molecule has 0 fully saturated rings. The molecule has 0 aromatic rings. The first-order valence-corrected chi connectivity index (χ1v) is 8.90. The topological polar surface area (TPSA) is 69.9 Å². The number of allylic oxidation sites excluding steroid dienone is 1. The Morgan fingerprint density at radius 1 is 0.818 bits per heavy atom. The van der Waals surface area contributed by atoms with E-state index in [2.05, 4.69) is 13.0 Å². The zero-order valence-corrected chi connectivity index (χ0v) is 14.3. The lowest BCUT2D eigenvalue weighted by Gasteiger charge is -2.11. The molecule has 0 spiro atoms. The third kappa shape index (κ3) is 16.0. The van der Waals surface area contributed by atoms with Gasteiger partial charge in [-0.2, -0.15) is 0 Å². The second kappa shape index (κ2) is 16.9. The van der Waals surface area contributed by atoms with Gasteiger partial charge in [0.2, 0.25) is 0 Å². The van der Waals surface area contributed by atoms with E-state index in [0.717, 1.165) is 6.42 Å². The van der Waals surface area contributed by atoms with Gasteiger partial charge < -0.3 is 20.1 Å². The Kier molecular flexibility index (Phi) is 16.6. The normalized spacial score (nSPS) is 14.5. The molecular formula is C18H36O4. The lowest BCUT2D eigenvalue weighted by Crippen LogP contribution is -2.23. The van der Waals surface area contributed by atoms with Crippen molar-refractivity contribution in [3.63, 3.8) is 0 Å². The van der Waals surface area contributed by atoms with Crippen LogP contribution in [0.25, 0.3) is 0 Å². The van der Waals surface area contributed by atoms with E-state index in [-0.39, 0.29) is 19.8 Å². The van der Waals surface area contributed by atoms with Gasteiger partial charge >= 0.3 is 0 Å². The zero-order chi connectivity index (χ0) is 16.5. The van der Waals surface area contributed by atoms with E-state index < -0.39 is 12.2 Å². The summed E-state index contributed by atoms with van der Waals surface area (Å²) in [5.74, 6) is 0. The Bertz CT molecular complexity index is 243. The highest BCUT2D eigenvalue weighted by molar-refractivity contribution is 4.84. The third-order valence-corrected chi connectivity index (χ3v) is 3.63. The predicted molar refractivity (Wildman–Crippen MR) is 90.9 cm³/mol. The van der Waals surface area contributed by atoms with Gasteiger partial charge in [-0.05, 0) is 19.3 Å². The molecule has 0 heterocycles. The van der Waals surface area contributed by atoms with E-state index in [1.165, 1.54) is 51.4 Å². The SMILES string of the molecule is CCCCCCCCCC/C=C\C[C@@H](O)COC[C@@H](O)CO. The van der Waals surface area contributed by atoms with Gasteiger partial charge in [0.05, 0.1) is 25.9 Å². The summed E-state index contributed by atoms with van der Waals surface area (Å²) in [7, 11) is 0. The van der Waals surface area contributed by atoms with Gasteiger partial charge in [0, 0.05) is 0 Å². The zero-order valence-electron chi connectivity index (χ0n) is 14.3. The van der Waals surface area contributed by atoms with Crippen molar-refractivity contribution in [1.29, 1.82) is 0 Å². The highest BCUT2D eigenvalue weighted by atomic mass is 16.5. The van der Waals surface area contributed by atoms with Crippen molar-refractivity contribution in [2.45, 2.75) is 83.3 Å². The van der Waals surface area contributed by atoms with Crippen molar-refractivity contribution in [2.75, 3.05) is 19.8 Å². The van der Waals surface area contributed by atoms with Crippen LogP contribution in [0, 0.1) is 0 Å². The molecule has 0 aliphatic heterocycles. The van der Waals surface area contributed by atoms with Crippen molar-refractivity contribution >= 4 is 0 Å². The van der Waals surface area contributed by atoms with Crippen LogP contribution in [0.3, 0.4) is 0 Å². The first-order chi connectivity index (χ1) is 10.7. The van der Waals surface area contributed by atoms with Crippen LogP contribution in [-0.2, 0) is 4.74 Å². The summed E-state index contributed by atoms with van der Waals surface area (Å²) in [6.07, 6.45) is 15.0. The number of ether oxygens (including phenoxy) is 1. The van der Waals surface area contributed by atoms with Crippen LogP contribution in [0.4, 0.5) is 0 Å². The van der Waals surface area contributed by atoms with Crippen LogP contribution < -0.4 is 0 Å². The minimum Gasteiger partial charge on any atom is -0.394 e. The average molecular weight is 316 g/mol. The maximum Gasteiger partial charge on any atom is 0.100 e. The summed E-state index contributed by atoms with van der Waals surface area (Å²) in [4.78, 5) is 0. The van der Waals surface area contributed by atoms with Crippen molar-refractivity contribution in [3.8, 4) is 0 Å². The molecule has 4 heteroatoms. The number of aliphatic hydroxyl groups is 3. The molecule has 0 amide bonds. The monoisotopic (exact) mass is 316 g/mol. The number of aliphatic hydroxyl groups excluding tert-OH is 3. The van der Waals surface area contributed by atoms with Crippen LogP contribution in [0.1, 0.15) is 71.1 Å². The predicted octanol–water partition coefficient (Wildman–Crippen LogP) is 3.19. The number of hydrogen-bond donors (Lipinski definition) is 3. The summed E-state index contributed by atoms with van der Waals surface area (Å²) in [6.45, 7) is 2.19. The quantitative estimate of drug-likeness (QED) is 0.302. The highest BCUT2D eigenvalue weighted by Gasteiger charge is 2.05. The smallest absolute Gasteiger partial charge is 0.100 e. The Labute approximate surface area is 136 Å². The van der Waals surface area contributed by atoms with Crippen LogP contribution in [0.2, 0.25) is 0 Å². The van der Waals surface area contributed by atoms with Crippen LogP contribution >= 0.6 is 0 Å². The number of hydrogen-bond acceptors (Lipinski definition) is 4. The van der Waals surface area contributed by atoms with E-state index in [0.29, 0.717) is 6.42 Å². The van der Waals surface area contributed by atoms with Gasteiger partial charge in [0.1, 0.15) is 6.10 Å². The molecule has 0 bridgehead atoms. The molecule has 0 unspecified atom stereocenters. The summed E-state index contributed by atoms with van der Waals surface area (Å²) < 4.78 is 5.10. The van der Waals surface area contributed by atoms with E-state index in [9.17, 15) is 5.11 Å². The molecular weight excluding hydrogens is 280 g/mol. The summed E-state index contributed by atoms with van der Waals surface area (Å²) in [5, 5.41) is 27.3. The van der Waals surface area contributed by atoms with Gasteiger partial charge in [-0.25, -0.2) is 0 Å². The van der Waals surface area contributed by atoms with Crippen molar-refractivity contribution in [1.82, 2.24) is 0 Å². The van der Waals surface area contributed by atoms with Crippen molar-refractivity contribution in [2.24, 2.45) is 0 Å². The summed E-state index contributed by atoms with van der Waals surface area (Å²) in [6, 6.07) is 0. The maximum atomic E-state index is 9.66. The van der Waals surface area contributed by atoms with Crippen LogP contribution in [0.15, 0.2) is 12.2 Å². The van der Waals surface area contributed by atoms with Gasteiger partial charge in [-0.3, -0.25) is 0 Å². The number of unbranched alkanes of at least 4 members (excludes halogenated alkanes) is 8. The molecule has 0 aromatic heterocycles. The van der Waals surface area contributed by atoms with Crippen molar-refractivity contribution in [3.05, 3.63) is 12.2 Å². The molecule has 2 atom stereocenters. The Balaban J connectivity index is 3.28. The molecule has 0 saturated carbocycles. The molecule has 3 N–H and O–H groups in total. The van der Waals surface area contributed by atoms with Crippen molar-refractivity contribution < 1.29 is 20.1 Å². The molecule has 0 rings (SSSR count). The fourth-order valence-corrected chi connectivity index (χ4v) is 2.23. The van der Waals surface area contributed by atoms with Crippen LogP contribution in [-0.4, -0.2) is 47.3 Å². The molecule has 0 aliphatic carbocycles. The molecule has 0 radical (unpaired) electrons. The third-order valence-electron chi connectivity index (χ3n) is 3.63. The lowest BCUT2D eigenvalue weighted by atomic mass is 10.1. The fourth-order valence-electron chi connectivity index (χ4n) is 2.23. The summed E-state index contributed by atoms with van der Waals surface area (Å²) >= 11 is 0. The van der Waals surface area contributed by atoms with E-state index in [1.54, 1.807) is 0 Å². The van der Waals surface area contributed by atoms with Crippen LogP contribution in [0.5, 0.6) is 0 Å². The van der Waals surface area contributed by atoms with E-state index in [1.807, 2.05) is 6.08 Å². The molecule has 132 valence electrons. The van der Waals surface area contributed by atoms with Gasteiger partial charge in [-0.15, -0.1) is 0 Å². The number of rotatable bonds is 16. The largest absolute Gasteiger partial charge is 0.394 e. The molecule has 0 aromatic carbocycles. The Morgan fingerprint density at radius 2 is 1.41 bits per heavy atom. The van der Waals surface area contributed by atoms with E-state index >= 15 is 0 Å². The second-order valence-corrected chi connectivity index (χ2v) is 6.00. The summed E-state index contributed by atoms with van der Waals surface area (Å²) in [5.41, 5.74) is 0. The average Bonchev–Trinajstić information content (AvgIpc) is 2.52. The first-order valence-electron chi connectivity index (χ1n) is 8.90. The molecule has 0 aliphatic rings. The molecule has 4 nitrogen and oxygen atoms in total.